The second-order valence-corrected chi connectivity index (χ2v) is 8.69. The molecule has 172 valence electrons. The lowest BCUT2D eigenvalue weighted by atomic mass is 10.2. The minimum absolute atomic E-state index is 0.153. The number of hydrogen-bond donors (Lipinski definition) is 0. The van der Waals surface area contributed by atoms with Crippen LogP contribution in [0.3, 0.4) is 0 Å². The molecule has 1 amide bonds. The monoisotopic (exact) mass is 450 g/mol. The standard InChI is InChI=1S/C23H26N6O4/c1-25-22(32)19-20(24-15-26(19)13-16-7-3-2-4-8-16)29(23(25)33)28-12-6-10-18(28)21(31)27-11-5-9-17(27)14-30/h2-4,7-8,14-15,17-18H,5-6,9-13H2,1H3/t17-,18+/m1/s1. The van der Waals surface area contributed by atoms with Gasteiger partial charge < -0.3 is 14.3 Å². The van der Waals surface area contributed by atoms with Crippen molar-refractivity contribution in [2.75, 3.05) is 18.1 Å². The predicted molar refractivity (Wildman–Crippen MR) is 122 cm³/mol. The third-order valence-corrected chi connectivity index (χ3v) is 6.70. The van der Waals surface area contributed by atoms with Crippen LogP contribution in [0.25, 0.3) is 11.2 Å². The zero-order valence-corrected chi connectivity index (χ0v) is 18.5. The van der Waals surface area contributed by atoms with Crippen molar-refractivity contribution in [2.24, 2.45) is 7.05 Å². The van der Waals surface area contributed by atoms with Crippen LogP contribution in [0.4, 0.5) is 0 Å². The number of imidazole rings is 1. The highest BCUT2D eigenvalue weighted by molar-refractivity contribution is 5.87. The number of carbonyl (C=O) groups excluding carboxylic acids is 2. The molecule has 0 saturated carbocycles. The zero-order valence-electron chi connectivity index (χ0n) is 18.5. The first kappa shape index (κ1) is 21.2. The fraction of sp³-hybridized carbons (Fsp3) is 0.435. The van der Waals surface area contributed by atoms with Gasteiger partial charge in [-0.1, -0.05) is 30.3 Å². The number of nitrogens with zero attached hydrogens (tertiary/aromatic N) is 6. The van der Waals surface area contributed by atoms with E-state index in [4.69, 9.17) is 0 Å². The van der Waals surface area contributed by atoms with E-state index in [-0.39, 0.29) is 11.6 Å². The summed E-state index contributed by atoms with van der Waals surface area (Å²) in [7, 11) is 1.44. The van der Waals surface area contributed by atoms with Gasteiger partial charge in [-0.05, 0) is 31.2 Å². The Bertz CT molecular complexity index is 1320. The van der Waals surface area contributed by atoms with E-state index in [1.807, 2.05) is 30.3 Å². The molecule has 2 aliphatic heterocycles. The van der Waals surface area contributed by atoms with E-state index in [2.05, 4.69) is 4.98 Å². The van der Waals surface area contributed by atoms with Crippen LogP contribution < -0.4 is 16.3 Å². The maximum atomic E-state index is 13.4. The van der Waals surface area contributed by atoms with Gasteiger partial charge in [0.25, 0.3) is 5.56 Å². The van der Waals surface area contributed by atoms with Crippen molar-refractivity contribution in [3.05, 3.63) is 63.1 Å². The molecule has 2 aromatic heterocycles. The van der Waals surface area contributed by atoms with Gasteiger partial charge in [0, 0.05) is 26.7 Å². The normalized spacial score (nSPS) is 20.6. The Labute approximate surface area is 189 Å². The molecule has 0 radical (unpaired) electrons. The van der Waals surface area contributed by atoms with Crippen LogP contribution in [0.2, 0.25) is 0 Å². The summed E-state index contributed by atoms with van der Waals surface area (Å²) in [6.45, 7) is 1.45. The Hall–Kier alpha value is -3.69. The summed E-state index contributed by atoms with van der Waals surface area (Å²) < 4.78 is 4.17. The number of hydrogen-bond acceptors (Lipinski definition) is 6. The smallest absolute Gasteiger partial charge is 0.331 e. The molecule has 2 atom stereocenters. The van der Waals surface area contributed by atoms with Crippen LogP contribution in [-0.4, -0.2) is 61.1 Å². The SMILES string of the molecule is Cn1c(=O)c2c(ncn2Cc2ccccc2)n(N2CCC[C@H]2C(=O)N2CCC[C@@H]2C=O)c1=O. The van der Waals surface area contributed by atoms with Crippen LogP contribution in [0.1, 0.15) is 31.2 Å². The number of aromatic nitrogens is 4. The maximum absolute atomic E-state index is 13.4. The van der Waals surface area contributed by atoms with Gasteiger partial charge in [-0.3, -0.25) is 19.2 Å². The van der Waals surface area contributed by atoms with Gasteiger partial charge in [0.15, 0.2) is 11.2 Å². The number of rotatable bonds is 5. The second-order valence-electron chi connectivity index (χ2n) is 8.69. The molecule has 5 rings (SSSR count). The van der Waals surface area contributed by atoms with E-state index in [1.54, 1.807) is 20.8 Å². The van der Waals surface area contributed by atoms with E-state index in [0.29, 0.717) is 38.0 Å². The first-order valence-electron chi connectivity index (χ1n) is 11.2. The molecule has 1 aromatic carbocycles. The summed E-state index contributed by atoms with van der Waals surface area (Å²) in [4.78, 5) is 57.1. The van der Waals surface area contributed by atoms with Crippen molar-refractivity contribution in [3.63, 3.8) is 0 Å². The molecule has 0 bridgehead atoms. The van der Waals surface area contributed by atoms with Crippen molar-refractivity contribution in [2.45, 2.75) is 44.3 Å². The van der Waals surface area contributed by atoms with Crippen molar-refractivity contribution in [3.8, 4) is 0 Å². The molecular formula is C23H26N6O4. The first-order chi connectivity index (χ1) is 16.0. The van der Waals surface area contributed by atoms with E-state index >= 15 is 0 Å². The quantitative estimate of drug-likeness (QED) is 0.516. The molecule has 10 heteroatoms. The molecule has 0 N–H and O–H groups in total. The minimum atomic E-state index is -0.580. The minimum Gasteiger partial charge on any atom is -0.331 e. The number of benzene rings is 1. The van der Waals surface area contributed by atoms with Crippen molar-refractivity contribution in [1.82, 2.24) is 23.7 Å². The number of fused-ring (bicyclic) bond motifs is 1. The number of amides is 1. The molecular weight excluding hydrogens is 424 g/mol. The van der Waals surface area contributed by atoms with Crippen molar-refractivity contribution >= 4 is 23.4 Å². The summed E-state index contributed by atoms with van der Waals surface area (Å²) in [5.41, 5.74) is 0.589. The lowest BCUT2D eigenvalue weighted by molar-refractivity contribution is -0.135. The zero-order chi connectivity index (χ0) is 23.1. The number of carbonyl (C=O) groups is 2. The maximum Gasteiger partial charge on any atom is 0.351 e. The van der Waals surface area contributed by atoms with E-state index < -0.39 is 23.3 Å². The van der Waals surface area contributed by atoms with Gasteiger partial charge in [0.1, 0.15) is 12.3 Å². The van der Waals surface area contributed by atoms with Gasteiger partial charge in [-0.25, -0.2) is 9.78 Å². The van der Waals surface area contributed by atoms with Crippen LogP contribution >= 0.6 is 0 Å². The number of likely N-dealkylation sites (tertiary alicyclic amines) is 1. The predicted octanol–water partition coefficient (Wildman–Crippen LogP) is 0.235. The summed E-state index contributed by atoms with van der Waals surface area (Å²) >= 11 is 0. The Balaban J connectivity index is 1.59. The molecule has 2 aliphatic rings. The molecule has 0 aliphatic carbocycles. The lowest BCUT2D eigenvalue weighted by Gasteiger charge is -2.31. The van der Waals surface area contributed by atoms with Crippen LogP contribution in [0.5, 0.6) is 0 Å². The van der Waals surface area contributed by atoms with E-state index in [9.17, 15) is 19.2 Å². The molecule has 2 saturated heterocycles. The molecule has 10 nitrogen and oxygen atoms in total. The Morgan fingerprint density at radius 3 is 2.64 bits per heavy atom. The fourth-order valence-corrected chi connectivity index (χ4v) is 5.00. The third kappa shape index (κ3) is 3.46. The van der Waals surface area contributed by atoms with Crippen LogP contribution in [0.15, 0.2) is 46.2 Å². The lowest BCUT2D eigenvalue weighted by Crippen LogP contribution is -2.56. The van der Waals surface area contributed by atoms with Gasteiger partial charge >= 0.3 is 5.69 Å². The van der Waals surface area contributed by atoms with Gasteiger partial charge in [-0.15, -0.1) is 0 Å². The molecule has 0 spiro atoms. The average molecular weight is 450 g/mol. The van der Waals surface area contributed by atoms with Crippen LogP contribution in [-0.2, 0) is 23.2 Å². The highest BCUT2D eigenvalue weighted by Gasteiger charge is 2.39. The average Bonchev–Trinajstić information content (AvgIpc) is 3.58. The van der Waals surface area contributed by atoms with Crippen molar-refractivity contribution in [1.29, 1.82) is 0 Å². The first-order valence-corrected chi connectivity index (χ1v) is 11.2. The largest absolute Gasteiger partial charge is 0.351 e. The molecule has 0 unspecified atom stereocenters. The third-order valence-electron chi connectivity index (χ3n) is 6.70. The molecule has 4 heterocycles. The van der Waals surface area contributed by atoms with Crippen molar-refractivity contribution < 1.29 is 9.59 Å². The van der Waals surface area contributed by atoms with Gasteiger partial charge in [0.2, 0.25) is 5.91 Å². The molecule has 2 fully saturated rings. The highest BCUT2D eigenvalue weighted by atomic mass is 16.2. The Morgan fingerprint density at radius 2 is 1.88 bits per heavy atom. The van der Waals surface area contributed by atoms with Gasteiger partial charge in [-0.2, -0.15) is 4.68 Å². The fourth-order valence-electron chi connectivity index (χ4n) is 5.00. The van der Waals surface area contributed by atoms with E-state index in [1.165, 1.54) is 11.7 Å². The molecule has 33 heavy (non-hydrogen) atoms. The number of aldehydes is 1. The summed E-state index contributed by atoms with van der Waals surface area (Å²) in [6, 6.07) is 8.70. The summed E-state index contributed by atoms with van der Waals surface area (Å²) in [5.74, 6) is -0.153. The Kier molecular flexibility index (Phi) is 5.35. The second kappa shape index (κ2) is 8.34. The molecule has 3 aromatic rings. The summed E-state index contributed by atoms with van der Waals surface area (Å²) in [5, 5.41) is 1.71. The Morgan fingerprint density at radius 1 is 1.12 bits per heavy atom. The summed E-state index contributed by atoms with van der Waals surface area (Å²) in [6.07, 6.45) is 5.13. The van der Waals surface area contributed by atoms with Crippen LogP contribution in [0, 0.1) is 0 Å². The van der Waals surface area contributed by atoms with E-state index in [0.717, 1.165) is 29.3 Å². The van der Waals surface area contributed by atoms with Gasteiger partial charge in [0.05, 0.1) is 12.4 Å². The topological polar surface area (TPSA) is 102 Å². The highest BCUT2D eigenvalue weighted by Crippen LogP contribution is 2.24.